The van der Waals surface area contributed by atoms with Crippen LogP contribution in [0.25, 0.3) is 0 Å². The molecule has 6 aliphatic heterocycles. The van der Waals surface area contributed by atoms with E-state index in [0.29, 0.717) is 0 Å². The van der Waals surface area contributed by atoms with Gasteiger partial charge in [0.15, 0.2) is 0 Å². The lowest BCUT2D eigenvalue weighted by molar-refractivity contribution is -0.550. The molecule has 10 rings (SSSR count). The summed E-state index contributed by atoms with van der Waals surface area (Å²) in [5.74, 6) is -2.21. The lowest BCUT2D eigenvalue weighted by atomic mass is 9.05. The third-order valence-electron chi connectivity index (χ3n) is 35.2. The van der Waals surface area contributed by atoms with Gasteiger partial charge < -0.3 is 37.9 Å². The summed E-state index contributed by atoms with van der Waals surface area (Å²) >= 11 is 0. The molecule has 9 fully saturated rings. The molecule has 0 N–H and O–H groups in total. The summed E-state index contributed by atoms with van der Waals surface area (Å²) < 4.78 is 49.1. The maximum atomic E-state index is 12.6. The fourth-order valence-corrected chi connectivity index (χ4v) is 23.4. The summed E-state index contributed by atoms with van der Waals surface area (Å²) in [5.41, 5.74) is -0.564. The topological polar surface area (TPSA) is 108 Å². The fourth-order valence-electron chi connectivity index (χ4n) is 23.4. The van der Waals surface area contributed by atoms with Crippen molar-refractivity contribution in [2.45, 2.75) is 400 Å². The van der Waals surface area contributed by atoms with Crippen LogP contribution in [-0.4, -0.2) is 79.5 Å². The summed E-state index contributed by atoms with van der Waals surface area (Å²) in [7, 11) is 0. The van der Waals surface area contributed by atoms with Gasteiger partial charge in [-0.3, -0.25) is 4.79 Å². The standard InChI is InChI=1S/C26H48.C17H30O3.C16H30O4.C12H24O.C8H12O2/c1-17(2)23(13)18(3,4)25(15)20(7,8)24(17,14)21(9,10)26(16,19(23,5)6)22(25,11)12;1-12(2)11(18)19-17(10)13(3,4)14(5,6)20-15(7,8)16(12,17)9;1-11(2)12(3,4)18-16(10)15(9,17-11)19-13(5,6)14(7,8)20-16;1-9(2)10(3,4)12(7,8)13-11(9,5)6;1-5-6(2)8(3,4)10-7(5)9/h1-16H3;2*1-10H3;1-8H3;1-4H3. The Hall–Kier alpha value is -1.56. The fraction of sp³-hybridized carbons (Fsp3) is 0.949. The maximum absolute atomic E-state index is 12.6. The molecule has 10 aliphatic rings. The van der Waals surface area contributed by atoms with Crippen LogP contribution in [0, 0.1) is 81.2 Å². The molecule has 0 aromatic heterocycles. The zero-order valence-corrected chi connectivity index (χ0v) is 67.6. The van der Waals surface area contributed by atoms with Crippen molar-refractivity contribution >= 4 is 11.9 Å². The summed E-state index contributed by atoms with van der Waals surface area (Å²) in [4.78, 5) is 23.5. The smallest absolute Gasteiger partial charge is 0.334 e. The first-order valence-corrected chi connectivity index (χ1v) is 34.4. The summed E-state index contributed by atoms with van der Waals surface area (Å²) in [6, 6.07) is 0. The van der Waals surface area contributed by atoms with Gasteiger partial charge in [0.25, 0.3) is 0 Å². The predicted molar refractivity (Wildman–Crippen MR) is 367 cm³/mol. The number of fused-ring (bicyclic) bond motifs is 2. The molecular formula is C79H144O10. The molecular weight excluding hydrogens is 1110 g/mol. The Morgan fingerprint density at radius 2 is 0.461 bits per heavy atom. The molecule has 0 aromatic rings. The molecule has 6 heterocycles. The van der Waals surface area contributed by atoms with Crippen LogP contribution in [-0.2, 0) is 47.5 Å². The largest absolute Gasteiger partial charge is 0.458 e. The molecule has 0 radical (unpaired) electrons. The Bertz CT molecular complexity index is 2580. The van der Waals surface area contributed by atoms with E-state index in [1.807, 2.05) is 104 Å². The Labute approximate surface area is 549 Å². The molecule has 10 nitrogen and oxygen atoms in total. The minimum absolute atomic E-state index is 0.0417. The third kappa shape index (κ3) is 8.36. The van der Waals surface area contributed by atoms with Crippen LogP contribution >= 0.6 is 0 Å². The highest BCUT2D eigenvalue weighted by Gasteiger charge is 2.96. The van der Waals surface area contributed by atoms with Crippen molar-refractivity contribution in [1.82, 2.24) is 0 Å². The zero-order valence-electron chi connectivity index (χ0n) is 67.6. The number of hydrogen-bond donors (Lipinski definition) is 0. The molecule has 5 saturated heterocycles. The van der Waals surface area contributed by atoms with E-state index in [2.05, 4.69) is 222 Å². The van der Waals surface area contributed by atoms with Crippen molar-refractivity contribution in [3.8, 4) is 0 Å². The predicted octanol–water partition coefficient (Wildman–Crippen LogP) is 21.1. The monoisotopic (exact) mass is 1250 g/mol. The molecule has 10 heteroatoms. The molecule has 520 valence electrons. The van der Waals surface area contributed by atoms with Crippen LogP contribution < -0.4 is 0 Å². The highest BCUT2D eigenvalue weighted by molar-refractivity contribution is 5.92. The van der Waals surface area contributed by atoms with E-state index in [4.69, 9.17) is 37.9 Å². The molecule has 2 atom stereocenters. The number of carbonyl (C=O) groups excluding carboxylic acids is 2. The van der Waals surface area contributed by atoms with Gasteiger partial charge in [-0.15, -0.1) is 0 Å². The first kappa shape index (κ1) is 78.1. The second-order valence-corrected chi connectivity index (χ2v) is 41.0. The van der Waals surface area contributed by atoms with Gasteiger partial charge in [-0.25, -0.2) is 4.79 Å². The SMILES string of the molecule is CC1(C)C2(C)C(C)(C)C3(C)C(C)(C)C1(C)C(C)(C)C(C)(C2(C)C)C3(C)C.CC1(C)OC(C)(C)C(C)(C)C1(C)C.CC1(C)OC(C)(C)C2(C)C(C)(C)C(=O)OC2(C)C1(C)C.CC1(C)OC2(C)OC(C)(C)C(C)(C)OC2(C)OC1(C)C.CC1=C(C)C(C)(C)OC1=O. The third-order valence-corrected chi connectivity index (χ3v) is 35.2. The van der Waals surface area contributed by atoms with E-state index >= 15 is 0 Å². The van der Waals surface area contributed by atoms with E-state index in [9.17, 15) is 9.59 Å². The van der Waals surface area contributed by atoms with Crippen LogP contribution in [0.2, 0.25) is 0 Å². The second-order valence-electron chi connectivity index (χ2n) is 41.0. The van der Waals surface area contributed by atoms with Gasteiger partial charge in [-0.1, -0.05) is 159 Å². The van der Waals surface area contributed by atoms with Crippen molar-refractivity contribution in [3.63, 3.8) is 0 Å². The van der Waals surface area contributed by atoms with Crippen molar-refractivity contribution in [2.24, 2.45) is 81.2 Å². The van der Waals surface area contributed by atoms with Crippen LogP contribution in [0.1, 0.15) is 332 Å². The van der Waals surface area contributed by atoms with Crippen molar-refractivity contribution in [2.75, 3.05) is 0 Å². The first-order chi connectivity index (χ1) is 38.1. The number of cyclic esters (lactones) is 1. The lowest BCUT2D eigenvalue weighted by Gasteiger charge is -2.98. The number of hydrogen-bond acceptors (Lipinski definition) is 10. The average Bonchev–Trinajstić information content (AvgIpc) is 1.19. The van der Waals surface area contributed by atoms with E-state index < -0.39 is 56.0 Å². The Balaban J connectivity index is 0.000000209. The number of rotatable bonds is 0. The number of esters is 2. The lowest BCUT2D eigenvalue weighted by Crippen LogP contribution is -2.94. The highest BCUT2D eigenvalue weighted by atomic mass is 16.9. The molecule has 4 saturated carbocycles. The summed E-state index contributed by atoms with van der Waals surface area (Å²) in [5, 5.41) is 0. The van der Waals surface area contributed by atoms with Gasteiger partial charge in [-0.05, 0) is 233 Å². The van der Waals surface area contributed by atoms with Crippen LogP contribution in [0.4, 0.5) is 0 Å². The molecule has 0 amide bonds. The van der Waals surface area contributed by atoms with E-state index in [1.54, 1.807) is 6.92 Å². The van der Waals surface area contributed by atoms with Gasteiger partial charge in [-0.2, -0.15) is 0 Å². The molecule has 0 spiro atoms. The van der Waals surface area contributed by atoms with Gasteiger partial charge in [0.1, 0.15) is 11.2 Å². The first-order valence-electron chi connectivity index (χ1n) is 34.4. The normalized spacial score (nSPS) is 43.0. The number of ether oxygens (including phenoxy) is 8. The summed E-state index contributed by atoms with van der Waals surface area (Å²) in [6.45, 7) is 109. The molecule has 0 aromatic carbocycles. The van der Waals surface area contributed by atoms with Crippen molar-refractivity contribution in [1.29, 1.82) is 0 Å². The Kier molecular flexibility index (Phi) is 17.0. The molecule has 4 aliphatic carbocycles. The van der Waals surface area contributed by atoms with Crippen molar-refractivity contribution in [3.05, 3.63) is 11.1 Å². The quantitative estimate of drug-likeness (QED) is 0.218. The molecule has 2 unspecified atom stereocenters. The van der Waals surface area contributed by atoms with Crippen LogP contribution in [0.5, 0.6) is 0 Å². The van der Waals surface area contributed by atoms with E-state index in [0.717, 1.165) is 11.1 Å². The van der Waals surface area contributed by atoms with Gasteiger partial charge in [0, 0.05) is 21.8 Å². The van der Waals surface area contributed by atoms with Crippen LogP contribution in [0.15, 0.2) is 11.1 Å². The maximum Gasteiger partial charge on any atom is 0.334 e. The number of carbonyl (C=O) groups is 2. The average molecular weight is 1250 g/mol. The molecule has 89 heavy (non-hydrogen) atoms. The van der Waals surface area contributed by atoms with Crippen molar-refractivity contribution < 1.29 is 47.5 Å². The Morgan fingerprint density at radius 3 is 0.640 bits per heavy atom. The summed E-state index contributed by atoms with van der Waals surface area (Å²) in [6.07, 6.45) is 0. The zero-order chi connectivity index (χ0) is 71.5. The van der Waals surface area contributed by atoms with Crippen LogP contribution in [0.3, 0.4) is 0 Å². The second kappa shape index (κ2) is 19.4. The van der Waals surface area contributed by atoms with E-state index in [1.165, 1.54) is 0 Å². The minimum Gasteiger partial charge on any atom is -0.458 e. The van der Waals surface area contributed by atoms with Gasteiger partial charge >= 0.3 is 11.9 Å². The minimum atomic E-state index is -0.953. The molecule has 4 bridgehead atoms. The van der Waals surface area contributed by atoms with Gasteiger partial charge in [0.05, 0.1) is 55.6 Å². The Morgan fingerprint density at radius 1 is 0.236 bits per heavy atom. The highest BCUT2D eigenvalue weighted by Crippen LogP contribution is 3.00. The van der Waals surface area contributed by atoms with Gasteiger partial charge in [0.2, 0.25) is 11.6 Å². The van der Waals surface area contributed by atoms with E-state index in [-0.39, 0.29) is 105 Å².